The van der Waals surface area contributed by atoms with E-state index >= 15 is 0 Å². The van der Waals surface area contributed by atoms with Gasteiger partial charge in [0.2, 0.25) is 5.91 Å². The number of sulfonamides is 1. The Morgan fingerprint density at radius 1 is 0.848 bits per heavy atom. The van der Waals surface area contributed by atoms with Crippen LogP contribution in [0.5, 0.6) is 0 Å². The van der Waals surface area contributed by atoms with Crippen LogP contribution in [0.4, 0.5) is 11.4 Å². The second kappa shape index (κ2) is 10.6. The van der Waals surface area contributed by atoms with Crippen LogP contribution in [0.2, 0.25) is 0 Å². The monoisotopic (exact) mass is 558 g/mol. The number of carbonyl (C=O) groups excluding carboxylic acids is 1. The van der Waals surface area contributed by atoms with Crippen LogP contribution in [0.15, 0.2) is 110 Å². The maximum absolute atomic E-state index is 13.2. The van der Waals surface area contributed by atoms with E-state index in [0.29, 0.717) is 11.4 Å². The number of nitrogens with one attached hydrogen (secondary N) is 2. The van der Waals surface area contributed by atoms with Crippen molar-refractivity contribution >= 4 is 66.3 Å². The summed E-state index contributed by atoms with van der Waals surface area (Å²) in [6.07, 6.45) is 0. The first-order valence-electron chi connectivity index (χ1n) is 9.85. The lowest BCUT2D eigenvalue weighted by atomic mass is 10.1. The summed E-state index contributed by atoms with van der Waals surface area (Å²) >= 11 is 5.96. The molecule has 1 heterocycles. The average Bonchev–Trinajstić information content (AvgIpc) is 3.37. The van der Waals surface area contributed by atoms with E-state index < -0.39 is 15.3 Å². The Bertz CT molecular complexity index is 1310. The Balaban J connectivity index is 1.51. The highest BCUT2D eigenvalue weighted by Gasteiger charge is 2.22. The van der Waals surface area contributed by atoms with Crippen LogP contribution >= 0.6 is 39.0 Å². The Labute approximate surface area is 209 Å². The van der Waals surface area contributed by atoms with E-state index in [1.807, 2.05) is 54.6 Å². The van der Waals surface area contributed by atoms with Crippen molar-refractivity contribution in [2.24, 2.45) is 0 Å². The molecule has 0 aliphatic carbocycles. The normalized spacial score (nSPS) is 12.2. The number of rotatable bonds is 8. The minimum absolute atomic E-state index is 0.143. The highest BCUT2D eigenvalue weighted by Crippen LogP contribution is 2.37. The van der Waals surface area contributed by atoms with Gasteiger partial charge in [0.25, 0.3) is 10.0 Å². The standard InChI is InChI=1S/C24H19BrN2O3S3/c25-18-8-10-19(11-9-18)26-24(28)23(17-5-2-1-3-6-17)32-21-14-12-20(13-15-21)27-33(29,30)22-7-4-16-31-22/h1-16,23,27H,(H,26,28). The Morgan fingerprint density at radius 3 is 2.15 bits per heavy atom. The highest BCUT2D eigenvalue weighted by molar-refractivity contribution is 9.10. The van der Waals surface area contributed by atoms with Crippen LogP contribution in [0.3, 0.4) is 0 Å². The van der Waals surface area contributed by atoms with Crippen molar-refractivity contribution in [1.82, 2.24) is 0 Å². The summed E-state index contributed by atoms with van der Waals surface area (Å²) < 4.78 is 28.6. The van der Waals surface area contributed by atoms with Gasteiger partial charge in [-0.15, -0.1) is 23.1 Å². The van der Waals surface area contributed by atoms with Crippen molar-refractivity contribution in [3.63, 3.8) is 0 Å². The van der Waals surface area contributed by atoms with Gasteiger partial charge in [-0.25, -0.2) is 8.42 Å². The summed E-state index contributed by atoms with van der Waals surface area (Å²) in [7, 11) is -3.61. The molecule has 1 aromatic heterocycles. The first-order chi connectivity index (χ1) is 15.9. The minimum atomic E-state index is -3.61. The molecule has 4 rings (SSSR count). The van der Waals surface area contributed by atoms with Crippen LogP contribution in [0.25, 0.3) is 0 Å². The van der Waals surface area contributed by atoms with E-state index in [4.69, 9.17) is 0 Å². The van der Waals surface area contributed by atoms with E-state index in [1.54, 1.807) is 41.8 Å². The van der Waals surface area contributed by atoms with Crippen LogP contribution in [0, 0.1) is 0 Å². The molecule has 5 nitrogen and oxygen atoms in total. The summed E-state index contributed by atoms with van der Waals surface area (Å²) in [6, 6.07) is 27.2. The van der Waals surface area contributed by atoms with Crippen LogP contribution < -0.4 is 10.0 Å². The van der Waals surface area contributed by atoms with Crippen molar-refractivity contribution in [3.8, 4) is 0 Å². The van der Waals surface area contributed by atoms with Crippen molar-refractivity contribution in [1.29, 1.82) is 0 Å². The predicted octanol–water partition coefficient (Wildman–Crippen LogP) is 6.78. The second-order valence-corrected chi connectivity index (χ2v) is 11.9. The fourth-order valence-electron chi connectivity index (χ4n) is 3.00. The Hall–Kier alpha value is -2.59. The van der Waals surface area contributed by atoms with Gasteiger partial charge in [-0.2, -0.15) is 0 Å². The zero-order valence-electron chi connectivity index (χ0n) is 17.1. The molecule has 0 radical (unpaired) electrons. The zero-order valence-corrected chi connectivity index (χ0v) is 21.2. The molecule has 9 heteroatoms. The largest absolute Gasteiger partial charge is 0.325 e. The smallest absolute Gasteiger partial charge is 0.271 e. The molecular weight excluding hydrogens is 540 g/mol. The summed E-state index contributed by atoms with van der Waals surface area (Å²) in [5, 5.41) is 4.21. The Kier molecular flexibility index (Phi) is 7.54. The van der Waals surface area contributed by atoms with Gasteiger partial charge in [0.1, 0.15) is 9.46 Å². The number of amides is 1. The van der Waals surface area contributed by atoms with Crippen molar-refractivity contribution < 1.29 is 13.2 Å². The molecule has 1 atom stereocenters. The lowest BCUT2D eigenvalue weighted by molar-refractivity contribution is -0.115. The molecule has 0 aliphatic rings. The fourth-order valence-corrected chi connectivity index (χ4v) is 6.34. The van der Waals surface area contributed by atoms with Gasteiger partial charge in [-0.1, -0.05) is 52.3 Å². The molecule has 0 saturated heterocycles. The van der Waals surface area contributed by atoms with Gasteiger partial charge in [0.05, 0.1) is 0 Å². The topological polar surface area (TPSA) is 75.3 Å². The van der Waals surface area contributed by atoms with Crippen molar-refractivity contribution in [2.75, 3.05) is 10.0 Å². The molecule has 4 aromatic rings. The number of halogens is 1. The molecule has 0 saturated carbocycles. The van der Waals surface area contributed by atoms with E-state index in [2.05, 4.69) is 26.0 Å². The van der Waals surface area contributed by atoms with E-state index in [1.165, 1.54) is 11.8 Å². The van der Waals surface area contributed by atoms with Gasteiger partial charge in [0.15, 0.2) is 0 Å². The first-order valence-corrected chi connectivity index (χ1v) is 13.9. The second-order valence-electron chi connectivity index (χ2n) is 6.97. The third-order valence-electron chi connectivity index (χ3n) is 4.57. The lowest BCUT2D eigenvalue weighted by Crippen LogP contribution is -2.19. The van der Waals surface area contributed by atoms with Gasteiger partial charge < -0.3 is 5.32 Å². The van der Waals surface area contributed by atoms with Gasteiger partial charge >= 0.3 is 0 Å². The fraction of sp³-hybridized carbons (Fsp3) is 0.0417. The number of hydrogen-bond donors (Lipinski definition) is 2. The molecule has 33 heavy (non-hydrogen) atoms. The molecular formula is C24H19BrN2O3S3. The average molecular weight is 560 g/mol. The van der Waals surface area contributed by atoms with E-state index in [-0.39, 0.29) is 10.1 Å². The molecule has 0 spiro atoms. The van der Waals surface area contributed by atoms with Crippen molar-refractivity contribution in [3.05, 3.63) is 106 Å². The van der Waals surface area contributed by atoms with Crippen molar-refractivity contribution in [2.45, 2.75) is 14.4 Å². The number of thioether (sulfide) groups is 1. The van der Waals surface area contributed by atoms with Crippen LogP contribution in [-0.4, -0.2) is 14.3 Å². The summed E-state index contributed by atoms with van der Waals surface area (Å²) in [4.78, 5) is 14.0. The number of hydrogen-bond acceptors (Lipinski definition) is 5. The predicted molar refractivity (Wildman–Crippen MR) is 139 cm³/mol. The molecule has 168 valence electrons. The van der Waals surface area contributed by atoms with Gasteiger partial charge in [-0.3, -0.25) is 9.52 Å². The third kappa shape index (κ3) is 6.26. The molecule has 3 aromatic carbocycles. The summed E-state index contributed by atoms with van der Waals surface area (Å²) in [5.74, 6) is -0.143. The molecule has 2 N–H and O–H groups in total. The highest BCUT2D eigenvalue weighted by atomic mass is 79.9. The van der Waals surface area contributed by atoms with Crippen LogP contribution in [0.1, 0.15) is 10.8 Å². The quantitative estimate of drug-likeness (QED) is 0.233. The zero-order chi connectivity index (χ0) is 23.3. The van der Waals surface area contributed by atoms with Crippen LogP contribution in [-0.2, 0) is 14.8 Å². The first kappa shape index (κ1) is 23.6. The lowest BCUT2D eigenvalue weighted by Gasteiger charge is -2.17. The molecule has 0 aliphatic heterocycles. The number of anilines is 2. The molecule has 1 amide bonds. The summed E-state index contributed by atoms with van der Waals surface area (Å²) in [6.45, 7) is 0. The maximum Gasteiger partial charge on any atom is 0.271 e. The minimum Gasteiger partial charge on any atom is -0.325 e. The number of benzene rings is 3. The molecule has 0 bridgehead atoms. The molecule has 1 unspecified atom stereocenters. The van der Waals surface area contributed by atoms with Gasteiger partial charge in [-0.05, 0) is 65.5 Å². The van der Waals surface area contributed by atoms with E-state index in [0.717, 1.165) is 26.3 Å². The summed E-state index contributed by atoms with van der Waals surface area (Å²) in [5.41, 5.74) is 2.05. The number of thiophene rings is 1. The number of carbonyl (C=O) groups is 1. The SMILES string of the molecule is O=C(Nc1ccc(Br)cc1)C(Sc1ccc(NS(=O)(=O)c2cccs2)cc1)c1ccccc1. The molecule has 0 fully saturated rings. The van der Waals surface area contributed by atoms with Gasteiger partial charge in [0, 0.05) is 20.7 Å². The Morgan fingerprint density at radius 2 is 1.52 bits per heavy atom. The third-order valence-corrected chi connectivity index (χ3v) is 9.15. The maximum atomic E-state index is 13.2. The van der Waals surface area contributed by atoms with E-state index in [9.17, 15) is 13.2 Å².